The molecule has 0 aliphatic rings. The predicted molar refractivity (Wildman–Crippen MR) is 115 cm³/mol. The van der Waals surface area contributed by atoms with Crippen LogP contribution in [-0.4, -0.2) is 94.9 Å². The summed E-state index contributed by atoms with van der Waals surface area (Å²) in [6.07, 6.45) is -10.8. The minimum Gasteiger partial charge on any atom is -0.461 e. The molecule has 36 heavy (non-hydrogen) atoms. The van der Waals surface area contributed by atoms with Gasteiger partial charge in [-0.1, -0.05) is 0 Å². The molecule has 4 atom stereocenters. The van der Waals surface area contributed by atoms with Gasteiger partial charge in [0.1, 0.15) is 61.5 Å². The van der Waals surface area contributed by atoms with Crippen LogP contribution in [0, 0.1) is 0 Å². The first-order chi connectivity index (χ1) is 16.7. The van der Waals surface area contributed by atoms with Crippen molar-refractivity contribution in [2.24, 2.45) is 0 Å². The largest absolute Gasteiger partial charge is 0.461 e. The number of ketones is 4. The highest BCUT2D eigenvalue weighted by Crippen LogP contribution is 2.20. The zero-order valence-corrected chi connectivity index (χ0v) is 20.3. The van der Waals surface area contributed by atoms with Crippen LogP contribution in [0.4, 0.5) is 0 Å². The minimum atomic E-state index is -1.99. The van der Waals surface area contributed by atoms with Crippen molar-refractivity contribution >= 4 is 47.0 Å². The van der Waals surface area contributed by atoms with Crippen LogP contribution in [0.5, 0.6) is 0 Å². The van der Waals surface area contributed by atoms with Gasteiger partial charge < -0.3 is 29.2 Å². The second kappa shape index (κ2) is 16.2. The summed E-state index contributed by atoms with van der Waals surface area (Å²) in [7, 11) is 0. The molecular weight excluding hydrogens is 488 g/mol. The second-order valence-corrected chi connectivity index (χ2v) is 7.89. The lowest BCUT2D eigenvalue weighted by Crippen LogP contribution is -2.53. The molecule has 0 aromatic carbocycles. The van der Waals surface area contributed by atoms with Crippen LogP contribution >= 0.6 is 0 Å². The molecule has 0 radical (unpaired) electrons. The molecule has 2 N–H and O–H groups in total. The Morgan fingerprint density at radius 1 is 0.583 bits per heavy atom. The van der Waals surface area contributed by atoms with E-state index in [0.717, 1.165) is 27.7 Å². The third-order valence-corrected chi connectivity index (χ3v) is 4.06. The quantitative estimate of drug-likeness (QED) is 0.128. The third kappa shape index (κ3) is 14.0. The normalized spacial score (nSPS) is 13.8. The van der Waals surface area contributed by atoms with Crippen molar-refractivity contribution in [1.82, 2.24) is 0 Å². The number of aliphatic hydroxyl groups is 2. The maximum atomic E-state index is 12.3. The van der Waals surface area contributed by atoms with Crippen molar-refractivity contribution in [3.8, 4) is 0 Å². The first-order valence-electron chi connectivity index (χ1n) is 10.7. The molecule has 0 aliphatic heterocycles. The summed E-state index contributed by atoms with van der Waals surface area (Å²) in [5.41, 5.74) is 0. The summed E-state index contributed by atoms with van der Waals surface area (Å²) in [6.45, 7) is 2.29. The fourth-order valence-corrected chi connectivity index (χ4v) is 2.66. The monoisotopic (exact) mass is 518 g/mol. The van der Waals surface area contributed by atoms with Gasteiger partial charge in [0, 0.05) is 0 Å². The second-order valence-electron chi connectivity index (χ2n) is 7.89. The molecule has 14 heteroatoms. The lowest BCUT2D eigenvalue weighted by Gasteiger charge is -2.34. The molecule has 0 aliphatic carbocycles. The van der Waals surface area contributed by atoms with Crippen molar-refractivity contribution in [2.75, 3.05) is 13.2 Å². The number of aliphatic hydroxyl groups excluding tert-OH is 2. The van der Waals surface area contributed by atoms with E-state index in [1.807, 2.05) is 0 Å². The Morgan fingerprint density at radius 2 is 0.944 bits per heavy atom. The zero-order valence-electron chi connectivity index (χ0n) is 20.3. The molecular formula is C22H30O14. The summed E-state index contributed by atoms with van der Waals surface area (Å²) >= 11 is 0. The van der Waals surface area contributed by atoms with Crippen molar-refractivity contribution in [2.45, 2.75) is 77.8 Å². The minimum absolute atomic E-state index is 0.568. The molecule has 0 saturated heterocycles. The average molecular weight is 518 g/mol. The highest BCUT2D eigenvalue weighted by Gasteiger charge is 2.43. The molecule has 0 aromatic heterocycles. The molecule has 0 heterocycles. The van der Waals surface area contributed by atoms with E-state index >= 15 is 0 Å². The smallest absolute Gasteiger partial charge is 0.313 e. The summed E-state index contributed by atoms with van der Waals surface area (Å²) < 4.78 is 20.1. The highest BCUT2D eigenvalue weighted by atomic mass is 16.6. The molecule has 0 bridgehead atoms. The van der Waals surface area contributed by atoms with Gasteiger partial charge in [0.2, 0.25) is 0 Å². The molecule has 0 saturated carbocycles. The van der Waals surface area contributed by atoms with Crippen molar-refractivity contribution in [1.29, 1.82) is 0 Å². The first kappa shape index (κ1) is 32.5. The van der Waals surface area contributed by atoms with E-state index in [2.05, 4.69) is 0 Å². The predicted octanol–water partition coefficient (Wildman–Crippen LogP) is -1.47. The molecule has 14 nitrogen and oxygen atoms in total. The van der Waals surface area contributed by atoms with Gasteiger partial charge in [0.05, 0.1) is 6.61 Å². The van der Waals surface area contributed by atoms with E-state index in [4.69, 9.17) is 18.9 Å². The van der Waals surface area contributed by atoms with E-state index in [1.54, 1.807) is 0 Å². The number of carbonyl (C=O) groups is 8. The van der Waals surface area contributed by atoms with Crippen LogP contribution in [0.2, 0.25) is 0 Å². The lowest BCUT2D eigenvalue weighted by molar-refractivity contribution is -0.202. The number of Topliss-reactive ketones (excluding diaryl/α,β-unsaturated/α-hetero) is 4. The molecule has 0 rings (SSSR count). The van der Waals surface area contributed by atoms with Gasteiger partial charge in [-0.3, -0.25) is 38.4 Å². The van der Waals surface area contributed by atoms with Gasteiger partial charge in [-0.25, -0.2) is 0 Å². The molecule has 202 valence electrons. The molecule has 0 amide bonds. The summed E-state index contributed by atoms with van der Waals surface area (Å²) in [4.78, 5) is 93.5. The van der Waals surface area contributed by atoms with Gasteiger partial charge in [0.25, 0.3) is 0 Å². The first-order valence-corrected chi connectivity index (χ1v) is 10.7. The van der Waals surface area contributed by atoms with Crippen molar-refractivity contribution < 1.29 is 67.5 Å². The highest BCUT2D eigenvalue weighted by molar-refractivity contribution is 5.96. The van der Waals surface area contributed by atoms with Gasteiger partial charge in [-0.15, -0.1) is 0 Å². The van der Waals surface area contributed by atoms with Gasteiger partial charge in [-0.2, -0.15) is 0 Å². The Labute approximate surface area is 206 Å². The number of rotatable bonds is 17. The molecule has 0 fully saturated rings. The fourth-order valence-electron chi connectivity index (χ4n) is 2.66. The molecule has 0 unspecified atom stereocenters. The van der Waals surface area contributed by atoms with Gasteiger partial charge in [0.15, 0.2) is 18.3 Å². The van der Waals surface area contributed by atoms with E-state index < -0.39 is 110 Å². The lowest BCUT2D eigenvalue weighted by atomic mass is 10.0. The van der Waals surface area contributed by atoms with Crippen molar-refractivity contribution in [3.63, 3.8) is 0 Å². The summed E-state index contributed by atoms with van der Waals surface area (Å²) in [5, 5.41) is 19.7. The Morgan fingerprint density at radius 3 is 1.33 bits per heavy atom. The SMILES string of the molecule is CC(=O)CC(=O)OC[C@H](OC(=O)CC(C)=O)[C@@H](OC(=O)CC(C)=O)[C@H](OC(=O)CC(C)=O)[C@H](O)CO. The van der Waals surface area contributed by atoms with Gasteiger partial charge >= 0.3 is 23.9 Å². The van der Waals surface area contributed by atoms with Gasteiger partial charge in [-0.05, 0) is 27.7 Å². The number of hydrogen-bond donors (Lipinski definition) is 2. The van der Waals surface area contributed by atoms with Crippen LogP contribution < -0.4 is 0 Å². The number of hydrogen-bond acceptors (Lipinski definition) is 14. The van der Waals surface area contributed by atoms with Crippen LogP contribution in [-0.2, 0) is 57.3 Å². The number of esters is 4. The van der Waals surface area contributed by atoms with Crippen LogP contribution in [0.15, 0.2) is 0 Å². The van der Waals surface area contributed by atoms with E-state index in [0.29, 0.717) is 0 Å². The van der Waals surface area contributed by atoms with Crippen molar-refractivity contribution in [3.05, 3.63) is 0 Å². The summed E-state index contributed by atoms with van der Waals surface area (Å²) in [6, 6.07) is 0. The van der Waals surface area contributed by atoms with E-state index in [9.17, 15) is 48.6 Å². The maximum Gasteiger partial charge on any atom is 0.313 e. The third-order valence-electron chi connectivity index (χ3n) is 4.06. The van der Waals surface area contributed by atoms with E-state index in [-0.39, 0.29) is 0 Å². The standard InChI is InChI=1S/C22H30O14/c1-11(24)5-17(29)33-10-16(34-18(30)6-12(2)25)22(36-20(32)8-14(4)27)21(15(28)9-23)35-19(31)7-13(3)26/h15-16,21-23,28H,5-10H2,1-4H3/t15-,16+,21-,22-/m1/s1. The Bertz CT molecular complexity index is 861. The fraction of sp³-hybridized carbons (Fsp3) is 0.636. The number of ether oxygens (including phenoxy) is 4. The maximum absolute atomic E-state index is 12.3. The van der Waals surface area contributed by atoms with Crippen LogP contribution in [0.1, 0.15) is 53.4 Å². The average Bonchev–Trinajstić information content (AvgIpc) is 2.70. The van der Waals surface area contributed by atoms with E-state index in [1.165, 1.54) is 0 Å². The summed E-state index contributed by atoms with van der Waals surface area (Å²) in [5.74, 6) is -7.18. The van der Waals surface area contributed by atoms with Crippen LogP contribution in [0.25, 0.3) is 0 Å². The Kier molecular flexibility index (Phi) is 14.6. The van der Waals surface area contributed by atoms with Crippen LogP contribution in [0.3, 0.4) is 0 Å². The zero-order chi connectivity index (χ0) is 28.0. The molecule has 0 spiro atoms. The Hall–Kier alpha value is -3.52. The Balaban J connectivity index is 6.33. The topological polar surface area (TPSA) is 214 Å². The number of carbonyl (C=O) groups excluding carboxylic acids is 8. The molecule has 0 aromatic rings.